The molecule has 0 saturated carbocycles. The van der Waals surface area contributed by atoms with Gasteiger partial charge >= 0.3 is 0 Å². The topological polar surface area (TPSA) is 51.9 Å². The summed E-state index contributed by atoms with van der Waals surface area (Å²) in [6.07, 6.45) is 1.70. The molecule has 3 heterocycles. The predicted molar refractivity (Wildman–Crippen MR) is 85.5 cm³/mol. The Balaban J connectivity index is 1.67. The molecule has 3 atom stereocenters. The lowest BCUT2D eigenvalue weighted by atomic mass is 9.95. The number of rotatable bonds is 2. The van der Waals surface area contributed by atoms with Gasteiger partial charge in [0.2, 0.25) is 0 Å². The van der Waals surface area contributed by atoms with Crippen molar-refractivity contribution in [2.45, 2.75) is 38.0 Å². The predicted octanol–water partition coefficient (Wildman–Crippen LogP) is 2.76. The number of methoxy groups -OCH3 is 1. The van der Waals surface area contributed by atoms with Gasteiger partial charge in [0.1, 0.15) is 11.7 Å². The fourth-order valence-electron chi connectivity index (χ4n) is 3.90. The first-order valence-electron chi connectivity index (χ1n) is 8.14. The Morgan fingerprint density at radius 1 is 1.30 bits per heavy atom. The second-order valence-corrected chi connectivity index (χ2v) is 6.31. The first-order chi connectivity index (χ1) is 11.2. The van der Waals surface area contributed by atoms with Crippen LogP contribution in [0.4, 0.5) is 0 Å². The van der Waals surface area contributed by atoms with E-state index in [0.29, 0.717) is 18.9 Å². The number of nitrogens with zero attached hydrogens (tertiary/aromatic N) is 1. The lowest BCUT2D eigenvalue weighted by Gasteiger charge is -2.40. The average Bonchev–Trinajstić information content (AvgIpc) is 3.19. The normalized spacial score (nSPS) is 27.4. The van der Waals surface area contributed by atoms with Crippen LogP contribution in [0, 0.1) is 6.92 Å². The van der Waals surface area contributed by atoms with Crippen molar-refractivity contribution in [3.8, 4) is 0 Å². The number of hydrogen-bond acceptors (Lipinski definition) is 4. The monoisotopic (exact) mass is 315 g/mol. The number of fused-ring (bicyclic) bond motifs is 2. The molecule has 5 heteroatoms. The lowest BCUT2D eigenvalue weighted by Crippen LogP contribution is -2.55. The molecule has 1 aromatic carbocycles. The number of amides is 1. The van der Waals surface area contributed by atoms with E-state index in [4.69, 9.17) is 13.9 Å². The van der Waals surface area contributed by atoms with E-state index in [0.717, 1.165) is 29.4 Å². The van der Waals surface area contributed by atoms with Gasteiger partial charge in [0.25, 0.3) is 5.91 Å². The Labute approximate surface area is 135 Å². The molecule has 4 rings (SSSR count). The lowest BCUT2D eigenvalue weighted by molar-refractivity contribution is -0.0757. The molecule has 2 fully saturated rings. The third-order valence-corrected chi connectivity index (χ3v) is 5.13. The molecule has 1 aromatic heterocycles. The van der Waals surface area contributed by atoms with Gasteiger partial charge in [-0.05, 0) is 25.8 Å². The van der Waals surface area contributed by atoms with Crippen LogP contribution in [0.1, 0.15) is 29.0 Å². The van der Waals surface area contributed by atoms with Crippen LogP contribution < -0.4 is 0 Å². The zero-order chi connectivity index (χ0) is 16.0. The minimum atomic E-state index is -0.0336. The maximum atomic E-state index is 13.1. The maximum Gasteiger partial charge on any atom is 0.290 e. The number of carbonyl (C=O) groups excluding carboxylic acids is 1. The summed E-state index contributed by atoms with van der Waals surface area (Å²) in [5, 5.41) is 1.00. The Bertz CT molecular complexity index is 738. The highest BCUT2D eigenvalue weighted by Crippen LogP contribution is 2.33. The highest BCUT2D eigenvalue weighted by atomic mass is 16.5. The van der Waals surface area contributed by atoms with E-state index >= 15 is 0 Å². The van der Waals surface area contributed by atoms with Crippen molar-refractivity contribution in [3.63, 3.8) is 0 Å². The zero-order valence-corrected chi connectivity index (χ0v) is 13.5. The van der Waals surface area contributed by atoms with Crippen LogP contribution in [0.5, 0.6) is 0 Å². The molecule has 0 unspecified atom stereocenters. The number of piperidine rings is 1. The summed E-state index contributed by atoms with van der Waals surface area (Å²) in [4.78, 5) is 15.0. The molecule has 0 aliphatic carbocycles. The van der Waals surface area contributed by atoms with Crippen molar-refractivity contribution in [2.24, 2.45) is 0 Å². The van der Waals surface area contributed by atoms with E-state index in [1.165, 1.54) is 0 Å². The van der Waals surface area contributed by atoms with Gasteiger partial charge in [0, 0.05) is 31.2 Å². The number of para-hydroxylation sites is 1. The number of ether oxygens (including phenoxy) is 2. The van der Waals surface area contributed by atoms with E-state index < -0.39 is 0 Å². The molecule has 2 aromatic rings. The van der Waals surface area contributed by atoms with Crippen molar-refractivity contribution >= 4 is 16.9 Å². The van der Waals surface area contributed by atoms with E-state index in [9.17, 15) is 4.79 Å². The fraction of sp³-hybridized carbons (Fsp3) is 0.500. The Kier molecular flexibility index (Phi) is 3.62. The first-order valence-corrected chi connectivity index (χ1v) is 8.14. The van der Waals surface area contributed by atoms with Crippen molar-refractivity contribution < 1.29 is 18.7 Å². The Hall–Kier alpha value is -1.85. The minimum Gasteiger partial charge on any atom is -0.451 e. The number of hydrogen-bond donors (Lipinski definition) is 0. The molecule has 0 bridgehead atoms. The van der Waals surface area contributed by atoms with E-state index in [2.05, 4.69) is 0 Å². The summed E-state index contributed by atoms with van der Waals surface area (Å²) in [7, 11) is 1.71. The van der Waals surface area contributed by atoms with Crippen LogP contribution in [0.15, 0.2) is 28.7 Å². The van der Waals surface area contributed by atoms with E-state index in [1.807, 2.05) is 36.1 Å². The maximum absolute atomic E-state index is 13.1. The molecule has 1 amide bonds. The van der Waals surface area contributed by atoms with Gasteiger partial charge in [0.15, 0.2) is 5.76 Å². The quantitative estimate of drug-likeness (QED) is 0.855. The van der Waals surface area contributed by atoms with Gasteiger partial charge in [-0.1, -0.05) is 18.2 Å². The molecule has 0 radical (unpaired) electrons. The Morgan fingerprint density at radius 2 is 2.13 bits per heavy atom. The molecule has 2 saturated heterocycles. The van der Waals surface area contributed by atoms with Gasteiger partial charge in [0.05, 0.1) is 12.1 Å². The number of likely N-dealkylation sites (tertiary alicyclic amines) is 1. The third kappa shape index (κ3) is 2.26. The standard InChI is InChI=1S/C18H21NO4/c1-11-12-5-3-4-6-14(12)23-16(11)18(20)19-9-7-15(21-2)17-13(19)8-10-22-17/h3-6,13,15,17H,7-10H2,1-2H3/t13-,15-,17-/m1/s1. The zero-order valence-electron chi connectivity index (χ0n) is 13.5. The highest BCUT2D eigenvalue weighted by Gasteiger charge is 2.45. The summed E-state index contributed by atoms with van der Waals surface area (Å²) in [5.41, 5.74) is 1.68. The summed E-state index contributed by atoms with van der Waals surface area (Å²) in [6, 6.07) is 7.85. The molecule has 0 spiro atoms. The first kappa shape index (κ1) is 14.7. The molecule has 5 nitrogen and oxygen atoms in total. The fourth-order valence-corrected chi connectivity index (χ4v) is 3.90. The van der Waals surface area contributed by atoms with Gasteiger partial charge in [-0.2, -0.15) is 0 Å². The summed E-state index contributed by atoms with van der Waals surface area (Å²) < 4.78 is 17.2. The minimum absolute atomic E-state index is 0.0256. The molecular weight excluding hydrogens is 294 g/mol. The summed E-state index contributed by atoms with van der Waals surface area (Å²) in [6.45, 7) is 3.31. The van der Waals surface area contributed by atoms with Gasteiger partial charge < -0.3 is 18.8 Å². The van der Waals surface area contributed by atoms with Crippen molar-refractivity contribution in [1.29, 1.82) is 0 Å². The number of benzene rings is 1. The third-order valence-electron chi connectivity index (χ3n) is 5.13. The van der Waals surface area contributed by atoms with Crippen LogP contribution in [-0.2, 0) is 9.47 Å². The molecule has 122 valence electrons. The van der Waals surface area contributed by atoms with Crippen molar-refractivity contribution in [1.82, 2.24) is 4.90 Å². The second-order valence-electron chi connectivity index (χ2n) is 6.31. The van der Waals surface area contributed by atoms with Gasteiger partial charge in [-0.15, -0.1) is 0 Å². The van der Waals surface area contributed by atoms with Crippen molar-refractivity contribution in [2.75, 3.05) is 20.3 Å². The number of furan rings is 1. The Morgan fingerprint density at radius 3 is 2.91 bits per heavy atom. The van der Waals surface area contributed by atoms with Gasteiger partial charge in [-0.3, -0.25) is 4.79 Å². The van der Waals surface area contributed by atoms with Crippen LogP contribution in [-0.4, -0.2) is 49.3 Å². The van der Waals surface area contributed by atoms with Crippen LogP contribution in [0.3, 0.4) is 0 Å². The molecule has 0 N–H and O–H groups in total. The van der Waals surface area contributed by atoms with Crippen LogP contribution in [0.25, 0.3) is 11.0 Å². The molecular formula is C18H21NO4. The second kappa shape index (κ2) is 5.65. The molecule has 2 aliphatic heterocycles. The largest absolute Gasteiger partial charge is 0.451 e. The molecule has 23 heavy (non-hydrogen) atoms. The smallest absolute Gasteiger partial charge is 0.290 e. The average molecular weight is 315 g/mol. The number of aryl methyl sites for hydroxylation is 1. The van der Waals surface area contributed by atoms with Crippen LogP contribution in [0.2, 0.25) is 0 Å². The summed E-state index contributed by atoms with van der Waals surface area (Å²) >= 11 is 0. The van der Waals surface area contributed by atoms with E-state index in [-0.39, 0.29) is 24.2 Å². The summed E-state index contributed by atoms with van der Waals surface area (Å²) in [5.74, 6) is 0.418. The van der Waals surface area contributed by atoms with Crippen LogP contribution >= 0.6 is 0 Å². The molecule has 2 aliphatic rings. The number of carbonyl (C=O) groups is 1. The van der Waals surface area contributed by atoms with E-state index in [1.54, 1.807) is 7.11 Å². The SMILES string of the molecule is CO[C@@H]1CCN(C(=O)c2oc3ccccc3c2C)[C@@H]2CCO[C@H]21. The van der Waals surface area contributed by atoms with Crippen molar-refractivity contribution in [3.05, 3.63) is 35.6 Å². The van der Waals surface area contributed by atoms with Gasteiger partial charge in [-0.25, -0.2) is 0 Å². The highest BCUT2D eigenvalue weighted by molar-refractivity contribution is 5.99.